The largest absolute Gasteiger partial charge is 0.387 e. The van der Waals surface area contributed by atoms with E-state index in [1.54, 1.807) is 0 Å². The molecule has 18 heavy (non-hydrogen) atoms. The third-order valence-corrected chi connectivity index (χ3v) is 3.77. The van der Waals surface area contributed by atoms with Gasteiger partial charge in [0.05, 0.1) is 24.5 Å². The number of hydrogen-bond donors (Lipinski definition) is 1. The fourth-order valence-corrected chi connectivity index (χ4v) is 2.50. The zero-order valence-corrected chi connectivity index (χ0v) is 10.2. The van der Waals surface area contributed by atoms with Gasteiger partial charge in [-0.15, -0.1) is 0 Å². The molecule has 3 atom stereocenters. The summed E-state index contributed by atoms with van der Waals surface area (Å²) in [5, 5.41) is 10.1. The molecule has 0 spiro atoms. The van der Waals surface area contributed by atoms with Crippen molar-refractivity contribution in [1.82, 2.24) is 4.90 Å². The number of imide groups is 1. The molecule has 2 aliphatic rings. The van der Waals surface area contributed by atoms with Crippen molar-refractivity contribution in [1.29, 1.82) is 0 Å². The molecule has 1 aliphatic carbocycles. The van der Waals surface area contributed by atoms with Gasteiger partial charge in [0.25, 0.3) is 0 Å². The van der Waals surface area contributed by atoms with Gasteiger partial charge in [0.2, 0.25) is 11.8 Å². The number of aliphatic hydroxyl groups excluding tert-OH is 1. The molecule has 3 unspecified atom stereocenters. The first kappa shape index (κ1) is 11.4. The van der Waals surface area contributed by atoms with Gasteiger partial charge >= 0.3 is 0 Å². The van der Waals surface area contributed by atoms with Crippen molar-refractivity contribution in [2.75, 3.05) is 6.54 Å². The maximum Gasteiger partial charge on any atom is 0.233 e. The third-order valence-electron chi connectivity index (χ3n) is 3.77. The lowest BCUT2D eigenvalue weighted by Crippen LogP contribution is -2.36. The predicted molar refractivity (Wildman–Crippen MR) is 64.5 cm³/mol. The van der Waals surface area contributed by atoms with Crippen molar-refractivity contribution in [3.63, 3.8) is 0 Å². The number of amides is 2. The highest BCUT2D eigenvalue weighted by atomic mass is 16.3. The molecule has 1 aliphatic heterocycles. The topological polar surface area (TPSA) is 57.6 Å². The number of aryl methyl sites for hydroxylation is 1. The zero-order chi connectivity index (χ0) is 12.9. The molecule has 0 radical (unpaired) electrons. The maximum absolute atomic E-state index is 11.8. The van der Waals surface area contributed by atoms with Gasteiger partial charge in [-0.1, -0.05) is 29.8 Å². The van der Waals surface area contributed by atoms with Crippen LogP contribution in [0.1, 0.15) is 23.7 Å². The maximum atomic E-state index is 11.8. The number of piperidine rings is 1. The molecular formula is C14H15NO3. The minimum atomic E-state index is -0.795. The van der Waals surface area contributed by atoms with E-state index in [0.29, 0.717) is 6.42 Å². The van der Waals surface area contributed by atoms with Crippen LogP contribution >= 0.6 is 0 Å². The molecule has 1 saturated carbocycles. The van der Waals surface area contributed by atoms with E-state index in [2.05, 4.69) is 0 Å². The summed E-state index contributed by atoms with van der Waals surface area (Å²) in [6.07, 6.45) is -0.0922. The quantitative estimate of drug-likeness (QED) is 0.809. The average Bonchev–Trinajstić information content (AvgIpc) is 3.10. The van der Waals surface area contributed by atoms with Crippen molar-refractivity contribution in [2.24, 2.45) is 11.8 Å². The first-order chi connectivity index (χ1) is 8.58. The van der Waals surface area contributed by atoms with E-state index in [1.165, 1.54) is 4.90 Å². The van der Waals surface area contributed by atoms with Crippen LogP contribution in [-0.4, -0.2) is 28.4 Å². The van der Waals surface area contributed by atoms with Crippen LogP contribution in [0.15, 0.2) is 24.3 Å². The van der Waals surface area contributed by atoms with E-state index >= 15 is 0 Å². The molecule has 1 saturated heterocycles. The minimum absolute atomic E-state index is 0.0771. The van der Waals surface area contributed by atoms with E-state index < -0.39 is 6.10 Å². The molecule has 4 nitrogen and oxygen atoms in total. The average molecular weight is 245 g/mol. The number of likely N-dealkylation sites (tertiary alicyclic amines) is 1. The number of aliphatic hydroxyl groups is 1. The number of carbonyl (C=O) groups is 2. The number of benzene rings is 1. The van der Waals surface area contributed by atoms with Crippen molar-refractivity contribution >= 4 is 11.8 Å². The van der Waals surface area contributed by atoms with Crippen molar-refractivity contribution in [2.45, 2.75) is 19.4 Å². The van der Waals surface area contributed by atoms with Crippen LogP contribution in [0.3, 0.4) is 0 Å². The monoisotopic (exact) mass is 245 g/mol. The Morgan fingerprint density at radius 3 is 2.33 bits per heavy atom. The Kier molecular flexibility index (Phi) is 2.48. The summed E-state index contributed by atoms with van der Waals surface area (Å²) in [5.41, 5.74) is 1.85. The molecule has 1 aromatic carbocycles. The minimum Gasteiger partial charge on any atom is -0.387 e. The number of nitrogens with zero attached hydrogens (tertiary/aromatic N) is 1. The number of β-amino-alcohol motifs (C(OH)–C–C–N with tert-alkyl or cyclic N) is 1. The number of rotatable bonds is 3. The molecule has 2 amide bonds. The Morgan fingerprint density at radius 1 is 1.22 bits per heavy atom. The molecule has 3 rings (SSSR count). The predicted octanol–water partition coefficient (Wildman–Crippen LogP) is 1.03. The SMILES string of the molecule is Cc1ccc(C(O)CN2C(=O)C3CC3C2=O)cc1. The summed E-state index contributed by atoms with van der Waals surface area (Å²) in [6, 6.07) is 7.46. The molecule has 2 fully saturated rings. The van der Waals surface area contributed by atoms with Crippen LogP contribution < -0.4 is 0 Å². The third kappa shape index (κ3) is 1.73. The van der Waals surface area contributed by atoms with Crippen LogP contribution in [0.5, 0.6) is 0 Å². The Morgan fingerprint density at radius 2 is 1.78 bits per heavy atom. The number of hydrogen-bond acceptors (Lipinski definition) is 3. The van der Waals surface area contributed by atoms with Gasteiger partial charge in [-0.25, -0.2) is 0 Å². The van der Waals surface area contributed by atoms with Crippen LogP contribution in [0.4, 0.5) is 0 Å². The Balaban J connectivity index is 1.71. The smallest absolute Gasteiger partial charge is 0.233 e. The lowest BCUT2D eigenvalue weighted by Gasteiger charge is -2.20. The second kappa shape index (κ2) is 3.92. The number of fused-ring (bicyclic) bond motifs is 1. The normalized spacial score (nSPS) is 27.3. The highest BCUT2D eigenvalue weighted by Crippen LogP contribution is 2.47. The Labute approximate surface area is 105 Å². The number of carbonyl (C=O) groups excluding carboxylic acids is 2. The summed E-state index contributed by atoms with van der Waals surface area (Å²) in [4.78, 5) is 24.8. The van der Waals surface area contributed by atoms with Crippen LogP contribution in [0.2, 0.25) is 0 Å². The van der Waals surface area contributed by atoms with Gasteiger partial charge in [-0.2, -0.15) is 0 Å². The van der Waals surface area contributed by atoms with Crippen molar-refractivity contribution < 1.29 is 14.7 Å². The first-order valence-electron chi connectivity index (χ1n) is 6.18. The molecule has 0 bridgehead atoms. The second-order valence-electron chi connectivity index (χ2n) is 5.16. The molecule has 1 N–H and O–H groups in total. The fourth-order valence-electron chi connectivity index (χ4n) is 2.50. The molecular weight excluding hydrogens is 230 g/mol. The molecule has 1 heterocycles. The standard InChI is InChI=1S/C14H15NO3/c1-8-2-4-9(5-3-8)12(16)7-15-13(17)10-6-11(10)14(15)18/h2-5,10-12,16H,6-7H2,1H3. The van der Waals surface area contributed by atoms with Gasteiger partial charge in [0.15, 0.2) is 0 Å². The highest BCUT2D eigenvalue weighted by Gasteiger charge is 2.58. The van der Waals surface area contributed by atoms with E-state index in [4.69, 9.17) is 0 Å². The van der Waals surface area contributed by atoms with Gasteiger partial charge in [-0.05, 0) is 18.9 Å². The van der Waals surface area contributed by atoms with Gasteiger partial charge in [0, 0.05) is 0 Å². The molecule has 1 aromatic rings. The summed E-state index contributed by atoms with van der Waals surface area (Å²) < 4.78 is 0. The van der Waals surface area contributed by atoms with Gasteiger partial charge in [0.1, 0.15) is 0 Å². The van der Waals surface area contributed by atoms with E-state index in [0.717, 1.165) is 11.1 Å². The summed E-state index contributed by atoms with van der Waals surface area (Å²) in [5.74, 6) is -0.419. The lowest BCUT2D eigenvalue weighted by atomic mass is 10.1. The molecule has 94 valence electrons. The van der Waals surface area contributed by atoms with E-state index in [1.807, 2.05) is 31.2 Å². The summed E-state index contributed by atoms with van der Waals surface area (Å²) >= 11 is 0. The summed E-state index contributed by atoms with van der Waals surface area (Å²) in [6.45, 7) is 2.05. The lowest BCUT2D eigenvalue weighted by molar-refractivity contribution is -0.143. The summed E-state index contributed by atoms with van der Waals surface area (Å²) in [7, 11) is 0. The van der Waals surface area contributed by atoms with E-state index in [-0.39, 0.29) is 30.2 Å². The zero-order valence-electron chi connectivity index (χ0n) is 10.2. The fraction of sp³-hybridized carbons (Fsp3) is 0.429. The van der Waals surface area contributed by atoms with Crippen molar-refractivity contribution in [3.8, 4) is 0 Å². The van der Waals surface area contributed by atoms with Gasteiger partial charge in [-0.3, -0.25) is 14.5 Å². The highest BCUT2D eigenvalue weighted by molar-refractivity contribution is 6.08. The van der Waals surface area contributed by atoms with Crippen LogP contribution in [0.25, 0.3) is 0 Å². The van der Waals surface area contributed by atoms with Crippen molar-refractivity contribution in [3.05, 3.63) is 35.4 Å². The van der Waals surface area contributed by atoms with Crippen LogP contribution in [0, 0.1) is 18.8 Å². The second-order valence-corrected chi connectivity index (χ2v) is 5.16. The van der Waals surface area contributed by atoms with Gasteiger partial charge < -0.3 is 5.11 Å². The Bertz CT molecular complexity index is 488. The first-order valence-corrected chi connectivity index (χ1v) is 6.18. The molecule has 0 aromatic heterocycles. The molecule has 4 heteroatoms. The van der Waals surface area contributed by atoms with E-state index in [9.17, 15) is 14.7 Å². The van der Waals surface area contributed by atoms with Crippen LogP contribution in [-0.2, 0) is 9.59 Å². The Hall–Kier alpha value is -1.68.